The fourth-order valence-electron chi connectivity index (χ4n) is 3.51. The van der Waals surface area contributed by atoms with Gasteiger partial charge in [0.15, 0.2) is 0 Å². The number of hydrogen-bond donors (Lipinski definition) is 0. The lowest BCUT2D eigenvalue weighted by molar-refractivity contribution is 0.626. The summed E-state index contributed by atoms with van der Waals surface area (Å²) >= 11 is 7.63. The molecule has 2 aromatic carbocycles. The molecule has 30 heavy (non-hydrogen) atoms. The van der Waals surface area contributed by atoms with Crippen molar-refractivity contribution in [1.29, 1.82) is 0 Å². The zero-order valence-electron chi connectivity index (χ0n) is 17.0. The van der Waals surface area contributed by atoms with Crippen LogP contribution >= 0.6 is 22.9 Å². The van der Waals surface area contributed by atoms with Gasteiger partial charge in [0.25, 0.3) is 5.56 Å². The van der Waals surface area contributed by atoms with Crippen LogP contribution in [0, 0.1) is 33.5 Å². The van der Waals surface area contributed by atoms with E-state index in [4.69, 9.17) is 11.6 Å². The third-order valence-corrected chi connectivity index (χ3v) is 7.13. The second-order valence-electron chi connectivity index (χ2n) is 7.48. The Balaban J connectivity index is 2.06. The molecule has 7 heteroatoms. The number of rotatable bonds is 3. The van der Waals surface area contributed by atoms with Crippen molar-refractivity contribution in [3.63, 3.8) is 0 Å². The Kier molecular flexibility index (Phi) is 5.16. The maximum atomic E-state index is 13.5. The number of aryl methyl sites for hydroxylation is 4. The summed E-state index contributed by atoms with van der Waals surface area (Å²) in [5.74, 6) is -0.441. The molecule has 0 N–H and O–H groups in total. The standard InChI is InChI=1S/C23H20ClFN2O2S/c1-12-5-8-18(9-13(12)2)27-21(28)20-14(3)15(4)30-22(20)26(23(27)29)11-16-6-7-17(25)10-19(16)24/h5-10H,11H2,1-4H3. The lowest BCUT2D eigenvalue weighted by Crippen LogP contribution is -2.39. The number of benzene rings is 2. The molecule has 0 unspecified atom stereocenters. The summed E-state index contributed by atoms with van der Waals surface area (Å²) < 4.78 is 16.3. The summed E-state index contributed by atoms with van der Waals surface area (Å²) in [4.78, 5) is 28.5. The summed E-state index contributed by atoms with van der Waals surface area (Å²) in [6, 6.07) is 9.62. The van der Waals surface area contributed by atoms with E-state index in [9.17, 15) is 14.0 Å². The molecule has 4 aromatic rings. The second kappa shape index (κ2) is 7.52. The van der Waals surface area contributed by atoms with Gasteiger partial charge in [0.05, 0.1) is 17.6 Å². The summed E-state index contributed by atoms with van der Waals surface area (Å²) in [7, 11) is 0. The first-order valence-electron chi connectivity index (χ1n) is 9.46. The van der Waals surface area contributed by atoms with Crippen molar-refractivity contribution in [1.82, 2.24) is 9.13 Å². The Morgan fingerprint density at radius 3 is 2.40 bits per heavy atom. The fourth-order valence-corrected chi connectivity index (χ4v) is 4.88. The molecule has 0 amide bonds. The zero-order chi connectivity index (χ0) is 21.7. The first-order chi connectivity index (χ1) is 14.2. The summed E-state index contributed by atoms with van der Waals surface area (Å²) in [5, 5.41) is 0.762. The molecule has 0 aliphatic carbocycles. The quantitative estimate of drug-likeness (QED) is 0.432. The van der Waals surface area contributed by atoms with Gasteiger partial charge in [-0.05, 0) is 74.2 Å². The number of aromatic nitrogens is 2. The van der Waals surface area contributed by atoms with E-state index in [1.165, 1.54) is 28.0 Å². The lowest BCUT2D eigenvalue weighted by atomic mass is 10.1. The molecular weight excluding hydrogens is 423 g/mol. The van der Waals surface area contributed by atoms with Crippen molar-refractivity contribution in [2.75, 3.05) is 0 Å². The number of thiophene rings is 1. The van der Waals surface area contributed by atoms with E-state index in [1.54, 1.807) is 16.7 Å². The SMILES string of the molecule is Cc1ccc(-n2c(=O)c3c(C)c(C)sc3n(Cc3ccc(F)cc3Cl)c2=O)cc1C. The molecule has 0 saturated heterocycles. The molecule has 0 atom stereocenters. The highest BCUT2D eigenvalue weighted by Gasteiger charge is 2.20. The van der Waals surface area contributed by atoms with Crippen LogP contribution in [0.2, 0.25) is 5.02 Å². The van der Waals surface area contributed by atoms with Crippen molar-refractivity contribution in [2.24, 2.45) is 0 Å². The highest BCUT2D eigenvalue weighted by molar-refractivity contribution is 7.18. The largest absolute Gasteiger partial charge is 0.337 e. The van der Waals surface area contributed by atoms with Gasteiger partial charge in [-0.25, -0.2) is 13.8 Å². The van der Waals surface area contributed by atoms with Crippen LogP contribution in [0.15, 0.2) is 46.0 Å². The topological polar surface area (TPSA) is 44.0 Å². The van der Waals surface area contributed by atoms with Gasteiger partial charge in [0.1, 0.15) is 10.6 Å². The summed E-state index contributed by atoms with van der Waals surface area (Å²) in [5.41, 5.74) is 3.28. The van der Waals surface area contributed by atoms with Gasteiger partial charge < -0.3 is 0 Å². The molecule has 4 rings (SSSR count). The molecule has 0 spiro atoms. The van der Waals surface area contributed by atoms with Crippen molar-refractivity contribution in [3.05, 3.63) is 95.2 Å². The normalized spacial score (nSPS) is 11.4. The number of hydrogen-bond acceptors (Lipinski definition) is 3. The fraction of sp³-hybridized carbons (Fsp3) is 0.217. The molecule has 0 bridgehead atoms. The Labute approximate surface area is 181 Å². The van der Waals surface area contributed by atoms with Gasteiger partial charge in [-0.1, -0.05) is 23.7 Å². The molecule has 2 heterocycles. The maximum absolute atomic E-state index is 13.5. The molecular formula is C23H20ClFN2O2S. The minimum Gasteiger partial charge on any atom is -0.279 e. The van der Waals surface area contributed by atoms with Gasteiger partial charge >= 0.3 is 5.69 Å². The van der Waals surface area contributed by atoms with Crippen molar-refractivity contribution < 1.29 is 4.39 Å². The molecule has 0 aliphatic rings. The minimum absolute atomic E-state index is 0.138. The predicted octanol–water partition coefficient (Wildman–Crippen LogP) is 5.29. The Bertz CT molecular complexity index is 1430. The van der Waals surface area contributed by atoms with Crippen LogP contribution in [0.25, 0.3) is 15.9 Å². The maximum Gasteiger partial charge on any atom is 0.337 e. The molecule has 0 fully saturated rings. The number of halogens is 2. The van der Waals surface area contributed by atoms with Crippen LogP contribution < -0.4 is 11.2 Å². The average molecular weight is 443 g/mol. The van der Waals surface area contributed by atoms with E-state index in [0.717, 1.165) is 21.6 Å². The van der Waals surface area contributed by atoms with Gasteiger partial charge in [0, 0.05) is 9.90 Å². The van der Waals surface area contributed by atoms with Crippen LogP contribution in [-0.4, -0.2) is 9.13 Å². The van der Waals surface area contributed by atoms with Crippen molar-refractivity contribution in [2.45, 2.75) is 34.2 Å². The molecule has 4 nitrogen and oxygen atoms in total. The molecule has 0 radical (unpaired) electrons. The van der Waals surface area contributed by atoms with Crippen LogP contribution in [0.1, 0.15) is 27.1 Å². The Morgan fingerprint density at radius 2 is 1.73 bits per heavy atom. The van der Waals surface area contributed by atoms with E-state index < -0.39 is 11.5 Å². The van der Waals surface area contributed by atoms with Crippen LogP contribution in [0.5, 0.6) is 0 Å². The van der Waals surface area contributed by atoms with Crippen LogP contribution in [-0.2, 0) is 6.54 Å². The van der Waals surface area contributed by atoms with Crippen LogP contribution in [0.3, 0.4) is 0 Å². The first kappa shape index (κ1) is 20.6. The van der Waals surface area contributed by atoms with E-state index in [-0.39, 0.29) is 17.1 Å². The van der Waals surface area contributed by atoms with E-state index >= 15 is 0 Å². The zero-order valence-corrected chi connectivity index (χ0v) is 18.6. The van der Waals surface area contributed by atoms with Gasteiger partial charge in [-0.3, -0.25) is 9.36 Å². The monoisotopic (exact) mass is 442 g/mol. The second-order valence-corrected chi connectivity index (χ2v) is 9.09. The van der Waals surface area contributed by atoms with Crippen molar-refractivity contribution >= 4 is 33.2 Å². The first-order valence-corrected chi connectivity index (χ1v) is 10.7. The lowest BCUT2D eigenvalue weighted by Gasteiger charge is -2.14. The molecule has 154 valence electrons. The summed E-state index contributed by atoms with van der Waals surface area (Å²) in [6.07, 6.45) is 0. The Hall–Kier alpha value is -2.70. The summed E-state index contributed by atoms with van der Waals surface area (Å²) in [6.45, 7) is 7.88. The third-order valence-electron chi connectivity index (χ3n) is 5.54. The average Bonchev–Trinajstić information content (AvgIpc) is 2.98. The third kappa shape index (κ3) is 3.30. The van der Waals surface area contributed by atoms with Gasteiger partial charge in [0.2, 0.25) is 0 Å². The minimum atomic E-state index is -0.447. The molecule has 2 aromatic heterocycles. The smallest absolute Gasteiger partial charge is 0.279 e. The van der Waals surface area contributed by atoms with Gasteiger partial charge in [-0.15, -0.1) is 11.3 Å². The highest BCUT2D eigenvalue weighted by atomic mass is 35.5. The van der Waals surface area contributed by atoms with E-state index in [2.05, 4.69) is 0 Å². The molecule has 0 saturated carbocycles. The Morgan fingerprint density at radius 1 is 1.00 bits per heavy atom. The van der Waals surface area contributed by atoms with Crippen LogP contribution in [0.4, 0.5) is 4.39 Å². The number of fused-ring (bicyclic) bond motifs is 1. The van der Waals surface area contributed by atoms with Gasteiger partial charge in [-0.2, -0.15) is 0 Å². The number of nitrogens with zero attached hydrogens (tertiary/aromatic N) is 2. The van der Waals surface area contributed by atoms with E-state index in [1.807, 2.05) is 39.8 Å². The van der Waals surface area contributed by atoms with E-state index in [0.29, 0.717) is 21.5 Å². The predicted molar refractivity (Wildman–Crippen MR) is 121 cm³/mol. The van der Waals surface area contributed by atoms with Crippen molar-refractivity contribution in [3.8, 4) is 5.69 Å². The highest BCUT2D eigenvalue weighted by Crippen LogP contribution is 2.28. The molecule has 0 aliphatic heterocycles.